The summed E-state index contributed by atoms with van der Waals surface area (Å²) >= 11 is 0. The number of carbonyl (C=O) groups excluding carboxylic acids is 1. The van der Waals surface area contributed by atoms with Gasteiger partial charge in [-0.3, -0.25) is 4.79 Å². The molecule has 0 aliphatic carbocycles. The Labute approximate surface area is 115 Å². The summed E-state index contributed by atoms with van der Waals surface area (Å²) in [5, 5.41) is 0. The van der Waals surface area contributed by atoms with Gasteiger partial charge in [-0.15, -0.1) is 0 Å². The number of carbonyl (C=O) groups is 1. The van der Waals surface area contributed by atoms with E-state index in [1.165, 1.54) is 5.56 Å². The van der Waals surface area contributed by atoms with Gasteiger partial charge >= 0.3 is 0 Å². The van der Waals surface area contributed by atoms with E-state index < -0.39 is 5.41 Å². The van der Waals surface area contributed by atoms with Crippen LogP contribution in [-0.2, 0) is 11.8 Å². The van der Waals surface area contributed by atoms with Crippen LogP contribution in [0.3, 0.4) is 0 Å². The van der Waals surface area contributed by atoms with E-state index in [2.05, 4.69) is 13.0 Å². The number of rotatable bonds is 4. The van der Waals surface area contributed by atoms with E-state index in [4.69, 9.17) is 0 Å². The van der Waals surface area contributed by atoms with Crippen LogP contribution in [0, 0.1) is 0 Å². The van der Waals surface area contributed by atoms with Crippen LogP contribution < -0.4 is 0 Å². The SMILES string of the molecule is CCc1cccc(C(=O)C(C)(C)c2ccccc2)c1. The Kier molecular flexibility index (Phi) is 3.84. The third-order valence-electron chi connectivity index (χ3n) is 3.66. The van der Waals surface area contributed by atoms with E-state index >= 15 is 0 Å². The number of Topliss-reactive ketones (excluding diaryl/α,β-unsaturated/α-hetero) is 1. The topological polar surface area (TPSA) is 17.1 Å². The Morgan fingerprint density at radius 3 is 2.32 bits per heavy atom. The molecule has 98 valence electrons. The Bertz CT molecular complexity index is 567. The summed E-state index contributed by atoms with van der Waals surface area (Å²) in [6.07, 6.45) is 0.951. The first-order valence-corrected chi connectivity index (χ1v) is 6.75. The molecule has 0 saturated heterocycles. The second-order valence-corrected chi connectivity index (χ2v) is 5.37. The van der Waals surface area contributed by atoms with E-state index in [0.29, 0.717) is 0 Å². The Hall–Kier alpha value is -1.89. The monoisotopic (exact) mass is 252 g/mol. The van der Waals surface area contributed by atoms with E-state index in [-0.39, 0.29) is 5.78 Å². The van der Waals surface area contributed by atoms with Crippen LogP contribution in [0.4, 0.5) is 0 Å². The highest BCUT2D eigenvalue weighted by atomic mass is 16.1. The highest BCUT2D eigenvalue weighted by molar-refractivity contribution is 6.03. The van der Waals surface area contributed by atoms with Gasteiger partial charge in [-0.2, -0.15) is 0 Å². The molecule has 0 heterocycles. The van der Waals surface area contributed by atoms with Gasteiger partial charge in [0.05, 0.1) is 5.41 Å². The van der Waals surface area contributed by atoms with Crippen molar-refractivity contribution in [3.8, 4) is 0 Å². The van der Waals surface area contributed by atoms with Crippen molar-refractivity contribution >= 4 is 5.78 Å². The van der Waals surface area contributed by atoms with Crippen LogP contribution in [0.15, 0.2) is 54.6 Å². The predicted molar refractivity (Wildman–Crippen MR) is 79.6 cm³/mol. The van der Waals surface area contributed by atoms with E-state index in [0.717, 1.165) is 17.5 Å². The van der Waals surface area contributed by atoms with Crippen molar-refractivity contribution < 1.29 is 4.79 Å². The first kappa shape index (κ1) is 13.5. The summed E-state index contributed by atoms with van der Waals surface area (Å²) in [6.45, 7) is 6.08. The van der Waals surface area contributed by atoms with Gasteiger partial charge < -0.3 is 0 Å². The molecular formula is C18H20O. The minimum atomic E-state index is -0.492. The highest BCUT2D eigenvalue weighted by Crippen LogP contribution is 2.27. The molecular weight excluding hydrogens is 232 g/mol. The van der Waals surface area contributed by atoms with Crippen molar-refractivity contribution in [3.05, 3.63) is 71.3 Å². The zero-order chi connectivity index (χ0) is 13.9. The quantitative estimate of drug-likeness (QED) is 0.737. The third kappa shape index (κ3) is 2.76. The standard InChI is InChI=1S/C18H20O/c1-4-14-9-8-10-15(13-14)17(19)18(2,3)16-11-6-5-7-12-16/h5-13H,4H2,1-3H3. The van der Waals surface area contributed by atoms with Crippen molar-refractivity contribution in [3.63, 3.8) is 0 Å². The van der Waals surface area contributed by atoms with Gasteiger partial charge in [-0.1, -0.05) is 55.5 Å². The van der Waals surface area contributed by atoms with E-state index in [9.17, 15) is 4.79 Å². The zero-order valence-corrected chi connectivity index (χ0v) is 11.8. The normalized spacial score (nSPS) is 11.3. The summed E-state index contributed by atoms with van der Waals surface area (Å²) in [7, 11) is 0. The second-order valence-electron chi connectivity index (χ2n) is 5.37. The minimum Gasteiger partial charge on any atom is -0.293 e. The average molecular weight is 252 g/mol. The summed E-state index contributed by atoms with van der Waals surface area (Å²) in [6, 6.07) is 17.9. The molecule has 2 aromatic rings. The van der Waals surface area contributed by atoms with Crippen LogP contribution in [0.2, 0.25) is 0 Å². The lowest BCUT2D eigenvalue weighted by atomic mass is 9.78. The number of benzene rings is 2. The highest BCUT2D eigenvalue weighted by Gasteiger charge is 2.30. The van der Waals surface area contributed by atoms with Crippen molar-refractivity contribution in [2.75, 3.05) is 0 Å². The van der Waals surface area contributed by atoms with Crippen molar-refractivity contribution in [2.45, 2.75) is 32.6 Å². The van der Waals surface area contributed by atoms with Crippen LogP contribution in [0.5, 0.6) is 0 Å². The molecule has 0 atom stereocenters. The molecule has 0 fully saturated rings. The van der Waals surface area contributed by atoms with Crippen molar-refractivity contribution in [1.82, 2.24) is 0 Å². The first-order chi connectivity index (χ1) is 9.05. The smallest absolute Gasteiger partial charge is 0.172 e. The predicted octanol–water partition coefficient (Wildman–Crippen LogP) is 4.41. The number of ketones is 1. The van der Waals surface area contributed by atoms with Gasteiger partial charge in [0.1, 0.15) is 0 Å². The molecule has 0 bridgehead atoms. The average Bonchev–Trinajstić information content (AvgIpc) is 2.47. The fraction of sp³-hybridized carbons (Fsp3) is 0.278. The fourth-order valence-electron chi connectivity index (χ4n) is 2.28. The maximum Gasteiger partial charge on any atom is 0.172 e. The largest absolute Gasteiger partial charge is 0.293 e. The summed E-state index contributed by atoms with van der Waals surface area (Å²) in [5.74, 6) is 0.175. The summed E-state index contributed by atoms with van der Waals surface area (Å²) in [5.41, 5.74) is 2.57. The summed E-state index contributed by atoms with van der Waals surface area (Å²) < 4.78 is 0. The summed E-state index contributed by atoms with van der Waals surface area (Å²) in [4.78, 5) is 12.7. The molecule has 0 aliphatic rings. The lowest BCUT2D eigenvalue weighted by Gasteiger charge is -2.24. The molecule has 0 aliphatic heterocycles. The second kappa shape index (κ2) is 5.40. The molecule has 0 unspecified atom stereocenters. The number of aryl methyl sites for hydroxylation is 1. The first-order valence-electron chi connectivity index (χ1n) is 6.75. The maximum absolute atomic E-state index is 12.7. The minimum absolute atomic E-state index is 0.175. The Balaban J connectivity index is 2.37. The molecule has 0 radical (unpaired) electrons. The molecule has 19 heavy (non-hydrogen) atoms. The molecule has 2 aromatic carbocycles. The fourth-order valence-corrected chi connectivity index (χ4v) is 2.28. The molecule has 2 rings (SSSR count). The van der Waals surface area contributed by atoms with Gasteiger partial charge in [-0.05, 0) is 37.5 Å². The third-order valence-corrected chi connectivity index (χ3v) is 3.66. The van der Waals surface area contributed by atoms with Gasteiger partial charge in [0, 0.05) is 5.56 Å². The molecule has 0 N–H and O–H groups in total. The molecule has 0 spiro atoms. The number of hydrogen-bond acceptors (Lipinski definition) is 1. The van der Waals surface area contributed by atoms with Crippen LogP contribution in [0.1, 0.15) is 42.3 Å². The van der Waals surface area contributed by atoms with Gasteiger partial charge in [0.25, 0.3) is 0 Å². The van der Waals surface area contributed by atoms with Crippen LogP contribution >= 0.6 is 0 Å². The lowest BCUT2D eigenvalue weighted by Crippen LogP contribution is -2.29. The van der Waals surface area contributed by atoms with E-state index in [1.54, 1.807) is 0 Å². The molecule has 1 heteroatoms. The van der Waals surface area contributed by atoms with E-state index in [1.807, 2.05) is 62.4 Å². The number of hydrogen-bond donors (Lipinski definition) is 0. The molecule has 0 amide bonds. The zero-order valence-electron chi connectivity index (χ0n) is 11.8. The molecule has 1 nitrogen and oxygen atoms in total. The Morgan fingerprint density at radius 2 is 1.68 bits per heavy atom. The Morgan fingerprint density at radius 1 is 1.00 bits per heavy atom. The van der Waals surface area contributed by atoms with Gasteiger partial charge in [-0.25, -0.2) is 0 Å². The van der Waals surface area contributed by atoms with Gasteiger partial charge in [0.2, 0.25) is 0 Å². The maximum atomic E-state index is 12.7. The van der Waals surface area contributed by atoms with Crippen LogP contribution in [-0.4, -0.2) is 5.78 Å². The van der Waals surface area contributed by atoms with Crippen molar-refractivity contribution in [1.29, 1.82) is 0 Å². The molecule has 0 aromatic heterocycles. The molecule has 0 saturated carbocycles. The van der Waals surface area contributed by atoms with Crippen molar-refractivity contribution in [2.24, 2.45) is 0 Å². The lowest BCUT2D eigenvalue weighted by molar-refractivity contribution is 0.0908. The van der Waals surface area contributed by atoms with Crippen LogP contribution in [0.25, 0.3) is 0 Å². The van der Waals surface area contributed by atoms with Gasteiger partial charge in [0.15, 0.2) is 5.78 Å².